The van der Waals surface area contributed by atoms with E-state index in [0.717, 1.165) is 51.1 Å². The van der Waals surface area contributed by atoms with Crippen molar-refractivity contribution in [2.24, 2.45) is 0 Å². The summed E-state index contributed by atoms with van der Waals surface area (Å²) < 4.78 is 6.32. The van der Waals surface area contributed by atoms with Crippen molar-refractivity contribution < 1.29 is 4.74 Å². The van der Waals surface area contributed by atoms with Crippen molar-refractivity contribution in [1.29, 1.82) is 0 Å². The van der Waals surface area contributed by atoms with Crippen LogP contribution >= 0.6 is 0 Å². The van der Waals surface area contributed by atoms with Gasteiger partial charge in [0, 0.05) is 38.9 Å². The van der Waals surface area contributed by atoms with Gasteiger partial charge in [-0.2, -0.15) is 0 Å². The molecule has 1 saturated heterocycles. The standard InChI is InChI=1S/C20H23NO/c1-2-6-17(7-3-1)10-13-21-14-11-20(12-15-21)16-18-8-4-5-9-19(18)22-20/h1-9H,10-16H2. The number of ether oxygens (including phenoxy) is 1. The second-order valence-corrected chi connectivity index (χ2v) is 6.65. The van der Waals surface area contributed by atoms with Gasteiger partial charge in [0.15, 0.2) is 0 Å². The molecular formula is C20H23NO. The van der Waals surface area contributed by atoms with Gasteiger partial charge in [-0.15, -0.1) is 0 Å². The van der Waals surface area contributed by atoms with Gasteiger partial charge in [-0.25, -0.2) is 0 Å². The van der Waals surface area contributed by atoms with Crippen molar-refractivity contribution in [1.82, 2.24) is 4.90 Å². The first-order valence-electron chi connectivity index (χ1n) is 8.36. The fraction of sp³-hybridized carbons (Fsp3) is 0.400. The molecule has 0 atom stereocenters. The number of fused-ring (bicyclic) bond motifs is 1. The summed E-state index contributed by atoms with van der Waals surface area (Å²) in [6.07, 6.45) is 4.54. The molecule has 0 aromatic heterocycles. The molecule has 1 spiro atoms. The number of benzene rings is 2. The van der Waals surface area contributed by atoms with Crippen LogP contribution in [0.3, 0.4) is 0 Å². The quantitative estimate of drug-likeness (QED) is 0.855. The maximum atomic E-state index is 6.32. The molecule has 114 valence electrons. The lowest BCUT2D eigenvalue weighted by Gasteiger charge is -2.38. The Morgan fingerprint density at radius 1 is 0.909 bits per heavy atom. The first-order valence-corrected chi connectivity index (χ1v) is 8.36. The number of rotatable bonds is 3. The molecular weight excluding hydrogens is 270 g/mol. The van der Waals surface area contributed by atoms with E-state index in [1.54, 1.807) is 0 Å². The Balaban J connectivity index is 1.32. The molecule has 0 saturated carbocycles. The molecule has 4 rings (SSSR count). The normalized spacial score (nSPS) is 19.8. The van der Waals surface area contributed by atoms with Crippen LogP contribution in [0.25, 0.3) is 0 Å². The Kier molecular flexibility index (Phi) is 3.63. The largest absolute Gasteiger partial charge is 0.487 e. The highest BCUT2D eigenvalue weighted by Crippen LogP contribution is 2.40. The third-order valence-electron chi connectivity index (χ3n) is 5.14. The molecule has 1 fully saturated rings. The predicted octanol–water partition coefficient (Wildman–Crippen LogP) is 3.70. The van der Waals surface area contributed by atoms with Crippen LogP contribution in [0.15, 0.2) is 54.6 Å². The molecule has 2 nitrogen and oxygen atoms in total. The van der Waals surface area contributed by atoms with Crippen molar-refractivity contribution >= 4 is 0 Å². The van der Waals surface area contributed by atoms with E-state index in [-0.39, 0.29) is 5.60 Å². The Morgan fingerprint density at radius 2 is 1.64 bits per heavy atom. The lowest BCUT2D eigenvalue weighted by molar-refractivity contribution is 0.0198. The van der Waals surface area contributed by atoms with Gasteiger partial charge >= 0.3 is 0 Å². The smallest absolute Gasteiger partial charge is 0.123 e. The van der Waals surface area contributed by atoms with Crippen LogP contribution in [0.2, 0.25) is 0 Å². The van der Waals surface area contributed by atoms with E-state index in [0.29, 0.717) is 0 Å². The van der Waals surface area contributed by atoms with E-state index >= 15 is 0 Å². The van der Waals surface area contributed by atoms with Crippen LogP contribution in [0.5, 0.6) is 5.75 Å². The van der Waals surface area contributed by atoms with Crippen LogP contribution in [0.4, 0.5) is 0 Å². The third kappa shape index (κ3) is 2.76. The van der Waals surface area contributed by atoms with E-state index < -0.39 is 0 Å². The van der Waals surface area contributed by atoms with E-state index in [1.807, 2.05) is 0 Å². The van der Waals surface area contributed by atoms with Crippen molar-refractivity contribution in [3.05, 3.63) is 65.7 Å². The lowest BCUT2D eigenvalue weighted by Crippen LogP contribution is -2.47. The summed E-state index contributed by atoms with van der Waals surface area (Å²) in [7, 11) is 0. The summed E-state index contributed by atoms with van der Waals surface area (Å²) in [4.78, 5) is 2.59. The summed E-state index contributed by atoms with van der Waals surface area (Å²) in [5.41, 5.74) is 2.90. The van der Waals surface area contributed by atoms with Crippen molar-refractivity contribution in [3.8, 4) is 5.75 Å². The number of para-hydroxylation sites is 1. The summed E-state index contributed by atoms with van der Waals surface area (Å²) in [6, 6.07) is 19.3. The minimum absolute atomic E-state index is 0.0763. The molecule has 22 heavy (non-hydrogen) atoms. The highest BCUT2D eigenvalue weighted by molar-refractivity contribution is 5.39. The van der Waals surface area contributed by atoms with Gasteiger partial charge in [-0.1, -0.05) is 48.5 Å². The molecule has 2 aromatic rings. The van der Waals surface area contributed by atoms with Gasteiger partial charge < -0.3 is 9.64 Å². The number of hydrogen-bond donors (Lipinski definition) is 0. The zero-order valence-corrected chi connectivity index (χ0v) is 13.0. The van der Waals surface area contributed by atoms with Crippen LogP contribution in [0.1, 0.15) is 24.0 Å². The SMILES string of the molecule is c1ccc(CCN2CCC3(CC2)Cc2ccccc2O3)cc1. The minimum atomic E-state index is 0.0763. The number of likely N-dealkylation sites (tertiary alicyclic amines) is 1. The molecule has 2 heterocycles. The van der Waals surface area contributed by atoms with Crippen LogP contribution in [0, 0.1) is 0 Å². The maximum absolute atomic E-state index is 6.32. The van der Waals surface area contributed by atoms with Crippen molar-refractivity contribution in [2.75, 3.05) is 19.6 Å². The van der Waals surface area contributed by atoms with Gasteiger partial charge in [-0.3, -0.25) is 0 Å². The van der Waals surface area contributed by atoms with Crippen molar-refractivity contribution in [2.45, 2.75) is 31.3 Å². The summed E-state index contributed by atoms with van der Waals surface area (Å²) in [5, 5.41) is 0. The minimum Gasteiger partial charge on any atom is -0.487 e. The first kappa shape index (κ1) is 13.8. The van der Waals surface area contributed by atoms with Gasteiger partial charge in [0.1, 0.15) is 11.4 Å². The van der Waals surface area contributed by atoms with E-state index in [4.69, 9.17) is 4.74 Å². The lowest BCUT2D eigenvalue weighted by atomic mass is 9.87. The number of nitrogens with zero attached hydrogens (tertiary/aromatic N) is 1. The Bertz CT molecular complexity index is 602. The van der Waals surface area contributed by atoms with Crippen LogP contribution in [-0.4, -0.2) is 30.1 Å². The second-order valence-electron chi connectivity index (χ2n) is 6.65. The van der Waals surface area contributed by atoms with Gasteiger partial charge in [-0.05, 0) is 23.6 Å². The Labute approximate surface area is 132 Å². The van der Waals surface area contributed by atoms with Crippen LogP contribution in [-0.2, 0) is 12.8 Å². The van der Waals surface area contributed by atoms with Gasteiger partial charge in [0.2, 0.25) is 0 Å². The second kappa shape index (κ2) is 5.77. The Morgan fingerprint density at radius 3 is 2.41 bits per heavy atom. The molecule has 2 aliphatic heterocycles. The highest BCUT2D eigenvalue weighted by atomic mass is 16.5. The topological polar surface area (TPSA) is 12.5 Å². The zero-order chi connectivity index (χ0) is 14.8. The van der Waals surface area contributed by atoms with Gasteiger partial charge in [0.05, 0.1) is 0 Å². The Hall–Kier alpha value is -1.80. The molecule has 0 amide bonds. The fourth-order valence-corrected chi connectivity index (χ4v) is 3.76. The number of piperidine rings is 1. The molecule has 0 bridgehead atoms. The summed E-state index contributed by atoms with van der Waals surface area (Å²) in [6.45, 7) is 3.47. The number of hydrogen-bond acceptors (Lipinski definition) is 2. The molecule has 0 N–H and O–H groups in total. The molecule has 0 radical (unpaired) electrons. The fourth-order valence-electron chi connectivity index (χ4n) is 3.76. The maximum Gasteiger partial charge on any atom is 0.123 e. The average molecular weight is 293 g/mol. The molecule has 2 aromatic carbocycles. The molecule has 0 aliphatic carbocycles. The monoisotopic (exact) mass is 293 g/mol. The first-order chi connectivity index (χ1) is 10.8. The molecule has 2 heteroatoms. The highest BCUT2D eigenvalue weighted by Gasteiger charge is 2.41. The van der Waals surface area contributed by atoms with Crippen LogP contribution < -0.4 is 4.74 Å². The predicted molar refractivity (Wildman–Crippen MR) is 89.3 cm³/mol. The van der Waals surface area contributed by atoms with E-state index in [1.165, 1.54) is 11.1 Å². The molecule has 2 aliphatic rings. The van der Waals surface area contributed by atoms with Gasteiger partial charge in [0.25, 0.3) is 0 Å². The van der Waals surface area contributed by atoms with E-state index in [2.05, 4.69) is 59.5 Å². The average Bonchev–Trinajstić information content (AvgIpc) is 2.93. The zero-order valence-electron chi connectivity index (χ0n) is 13.0. The summed E-state index contributed by atoms with van der Waals surface area (Å²) in [5.74, 6) is 1.11. The van der Waals surface area contributed by atoms with Crippen molar-refractivity contribution in [3.63, 3.8) is 0 Å². The van der Waals surface area contributed by atoms with E-state index in [9.17, 15) is 0 Å². The third-order valence-corrected chi connectivity index (χ3v) is 5.14. The summed E-state index contributed by atoms with van der Waals surface area (Å²) >= 11 is 0. The molecule has 0 unspecified atom stereocenters.